The van der Waals surface area contributed by atoms with Crippen LogP contribution in [0.25, 0.3) is 16.8 Å². The number of hydrogen-bond acceptors (Lipinski definition) is 4. The average Bonchev–Trinajstić information content (AvgIpc) is 3.05. The predicted octanol–water partition coefficient (Wildman–Crippen LogP) is 2.85. The molecule has 0 aliphatic heterocycles. The number of rotatable bonds is 5. The zero-order valence-corrected chi connectivity index (χ0v) is 14.8. The van der Waals surface area contributed by atoms with Gasteiger partial charge in [-0.3, -0.25) is 4.79 Å². The normalized spacial score (nSPS) is 10.5. The number of aromatic nitrogens is 2. The van der Waals surface area contributed by atoms with Crippen LogP contribution in [-0.4, -0.2) is 28.0 Å². The third-order valence-corrected chi connectivity index (χ3v) is 4.50. The van der Waals surface area contributed by atoms with Crippen LogP contribution in [0.1, 0.15) is 10.5 Å². The Balaban J connectivity index is 1.90. The Morgan fingerprint density at radius 2 is 1.58 bits per heavy atom. The van der Waals surface area contributed by atoms with E-state index >= 15 is 0 Å². The summed E-state index contributed by atoms with van der Waals surface area (Å²) in [6, 6.07) is 15.1. The van der Waals surface area contributed by atoms with Gasteiger partial charge in [0.15, 0.2) is 5.69 Å². The first-order valence-corrected chi connectivity index (χ1v) is 8.91. The summed E-state index contributed by atoms with van der Waals surface area (Å²) in [5.41, 5.74) is 13.4. The van der Waals surface area contributed by atoms with Crippen LogP contribution in [0, 0.1) is 0 Å². The Hall–Kier alpha value is -3.26. The fourth-order valence-corrected chi connectivity index (χ4v) is 2.91. The summed E-state index contributed by atoms with van der Waals surface area (Å²) in [6.45, 7) is 0. The maximum Gasteiger partial charge on any atom is 0.316 e. The quantitative estimate of drug-likeness (QED) is 0.601. The van der Waals surface area contributed by atoms with Gasteiger partial charge in [-0.2, -0.15) is 5.10 Å². The number of amides is 3. The molecule has 0 spiro atoms. The highest BCUT2D eigenvalue weighted by Gasteiger charge is 2.16. The van der Waals surface area contributed by atoms with Crippen molar-refractivity contribution in [3.8, 4) is 16.8 Å². The molecule has 3 aromatic rings. The molecule has 0 aliphatic rings. The molecule has 3 rings (SSSR count). The van der Waals surface area contributed by atoms with Gasteiger partial charge in [-0.05, 0) is 41.6 Å². The summed E-state index contributed by atoms with van der Waals surface area (Å²) in [5.74, 6) is -0.752. The van der Waals surface area contributed by atoms with Crippen LogP contribution < -0.4 is 16.8 Å². The monoisotopic (exact) mass is 367 g/mol. The second-order valence-corrected chi connectivity index (χ2v) is 6.34. The molecule has 1 aromatic heterocycles. The molecule has 1 heterocycles. The molecule has 0 aliphatic carbocycles. The van der Waals surface area contributed by atoms with E-state index < -0.39 is 11.9 Å². The van der Waals surface area contributed by atoms with Crippen molar-refractivity contribution < 1.29 is 9.59 Å². The van der Waals surface area contributed by atoms with Gasteiger partial charge in [0.25, 0.3) is 5.91 Å². The Bertz CT molecular complexity index is 949. The molecule has 3 amide bonds. The molecule has 0 atom stereocenters. The van der Waals surface area contributed by atoms with Gasteiger partial charge >= 0.3 is 6.03 Å². The van der Waals surface area contributed by atoms with Crippen molar-refractivity contribution >= 4 is 29.4 Å². The third-order valence-electron chi connectivity index (χ3n) is 3.76. The standard InChI is InChI=1S/C18H17N5O2S/c1-26-14-8-4-12(5-9-14)11-2-6-13(7-3-11)23-10-15(21-18(20)25)16(22-23)17(19)24/h2-10H,1H3,(H2,19,24)(H3,20,21,25). The molecule has 0 fully saturated rings. The van der Waals surface area contributed by atoms with Crippen LogP contribution in [0.15, 0.2) is 59.6 Å². The molecule has 0 unspecified atom stereocenters. The lowest BCUT2D eigenvalue weighted by Crippen LogP contribution is -2.22. The van der Waals surface area contributed by atoms with E-state index in [0.717, 1.165) is 16.8 Å². The highest BCUT2D eigenvalue weighted by molar-refractivity contribution is 7.98. The first kappa shape index (κ1) is 17.6. The Labute approximate surface area is 154 Å². The minimum atomic E-state index is -0.795. The van der Waals surface area contributed by atoms with Gasteiger partial charge in [0.05, 0.1) is 17.6 Å². The summed E-state index contributed by atoms with van der Waals surface area (Å²) >= 11 is 1.69. The van der Waals surface area contributed by atoms with E-state index in [-0.39, 0.29) is 11.4 Å². The molecule has 5 N–H and O–H groups in total. The van der Waals surface area contributed by atoms with Gasteiger partial charge in [0, 0.05) is 4.90 Å². The van der Waals surface area contributed by atoms with E-state index in [9.17, 15) is 9.59 Å². The number of nitrogens with one attached hydrogen (secondary N) is 1. The van der Waals surface area contributed by atoms with Gasteiger partial charge in [0.2, 0.25) is 0 Å². The predicted molar refractivity (Wildman–Crippen MR) is 103 cm³/mol. The molecular weight excluding hydrogens is 350 g/mol. The lowest BCUT2D eigenvalue weighted by molar-refractivity contribution is 0.0996. The summed E-state index contributed by atoms with van der Waals surface area (Å²) in [4.78, 5) is 23.8. The minimum absolute atomic E-state index is 0.0551. The van der Waals surface area contributed by atoms with Crippen molar-refractivity contribution in [3.05, 3.63) is 60.4 Å². The third kappa shape index (κ3) is 3.70. The largest absolute Gasteiger partial charge is 0.364 e. The van der Waals surface area contributed by atoms with E-state index in [1.807, 2.05) is 30.5 Å². The zero-order valence-electron chi connectivity index (χ0n) is 14.0. The van der Waals surface area contributed by atoms with Crippen molar-refractivity contribution in [3.63, 3.8) is 0 Å². The SMILES string of the molecule is CSc1ccc(-c2ccc(-n3cc(NC(N)=O)c(C(N)=O)n3)cc2)cc1. The molecule has 26 heavy (non-hydrogen) atoms. The van der Waals surface area contributed by atoms with E-state index in [2.05, 4.69) is 34.7 Å². The van der Waals surface area contributed by atoms with Crippen LogP contribution in [0.4, 0.5) is 10.5 Å². The number of urea groups is 1. The lowest BCUT2D eigenvalue weighted by atomic mass is 10.1. The molecule has 0 bridgehead atoms. The van der Waals surface area contributed by atoms with Gasteiger partial charge in [-0.15, -0.1) is 11.8 Å². The topological polar surface area (TPSA) is 116 Å². The van der Waals surface area contributed by atoms with E-state index in [4.69, 9.17) is 11.5 Å². The number of nitrogens with zero attached hydrogens (tertiary/aromatic N) is 2. The summed E-state index contributed by atoms with van der Waals surface area (Å²) in [5, 5.41) is 6.47. The minimum Gasteiger partial charge on any atom is -0.364 e. The number of carbonyl (C=O) groups excluding carboxylic acids is 2. The summed E-state index contributed by atoms with van der Waals surface area (Å²) < 4.78 is 1.46. The Kier molecular flexibility index (Phi) is 4.94. The molecule has 2 aromatic carbocycles. The highest BCUT2D eigenvalue weighted by atomic mass is 32.2. The number of thioether (sulfide) groups is 1. The van der Waals surface area contributed by atoms with Crippen LogP contribution in [0.3, 0.4) is 0 Å². The van der Waals surface area contributed by atoms with Gasteiger partial charge in [-0.1, -0.05) is 24.3 Å². The molecule has 0 saturated heterocycles. The van der Waals surface area contributed by atoms with Gasteiger partial charge in [-0.25, -0.2) is 9.48 Å². The smallest absolute Gasteiger partial charge is 0.316 e. The lowest BCUT2D eigenvalue weighted by Gasteiger charge is -2.05. The van der Waals surface area contributed by atoms with Crippen LogP contribution >= 0.6 is 11.8 Å². The first-order valence-electron chi connectivity index (χ1n) is 7.68. The first-order chi connectivity index (χ1) is 12.5. The van der Waals surface area contributed by atoms with Gasteiger partial charge in [0.1, 0.15) is 0 Å². The molecule has 0 saturated carbocycles. The number of carbonyl (C=O) groups is 2. The fourth-order valence-electron chi connectivity index (χ4n) is 2.50. The second kappa shape index (κ2) is 7.32. The fraction of sp³-hybridized carbons (Fsp3) is 0.0556. The van der Waals surface area contributed by atoms with Crippen molar-refractivity contribution in [1.82, 2.24) is 9.78 Å². The Morgan fingerprint density at radius 1 is 1.00 bits per heavy atom. The van der Waals surface area contributed by atoms with Crippen LogP contribution in [0.5, 0.6) is 0 Å². The molecule has 0 radical (unpaired) electrons. The van der Waals surface area contributed by atoms with E-state index in [1.165, 1.54) is 15.8 Å². The maximum atomic E-state index is 11.5. The molecular formula is C18H17N5O2S. The van der Waals surface area contributed by atoms with Gasteiger partial charge < -0.3 is 16.8 Å². The number of nitrogens with two attached hydrogens (primary N) is 2. The summed E-state index contributed by atoms with van der Waals surface area (Å²) in [7, 11) is 0. The zero-order chi connectivity index (χ0) is 18.7. The van der Waals surface area contributed by atoms with Crippen molar-refractivity contribution in [2.75, 3.05) is 11.6 Å². The van der Waals surface area contributed by atoms with Crippen molar-refractivity contribution in [2.24, 2.45) is 11.5 Å². The van der Waals surface area contributed by atoms with E-state index in [1.54, 1.807) is 11.8 Å². The Morgan fingerprint density at radius 3 is 2.08 bits per heavy atom. The van der Waals surface area contributed by atoms with E-state index in [0.29, 0.717) is 0 Å². The average molecular weight is 367 g/mol. The number of anilines is 1. The molecule has 8 heteroatoms. The maximum absolute atomic E-state index is 11.5. The molecule has 7 nitrogen and oxygen atoms in total. The van der Waals surface area contributed by atoms with Crippen LogP contribution in [-0.2, 0) is 0 Å². The number of hydrogen-bond donors (Lipinski definition) is 3. The summed E-state index contributed by atoms with van der Waals surface area (Å²) in [6.07, 6.45) is 3.53. The van der Waals surface area contributed by atoms with Crippen LogP contribution in [0.2, 0.25) is 0 Å². The second-order valence-electron chi connectivity index (χ2n) is 5.46. The highest BCUT2D eigenvalue weighted by Crippen LogP contribution is 2.25. The van der Waals surface area contributed by atoms with Crippen molar-refractivity contribution in [2.45, 2.75) is 4.90 Å². The molecule has 132 valence electrons. The number of benzene rings is 2. The van der Waals surface area contributed by atoms with Crippen molar-refractivity contribution in [1.29, 1.82) is 0 Å². The number of primary amides is 2.